The Bertz CT molecular complexity index is 481. The van der Waals surface area contributed by atoms with Crippen LogP contribution in [0.2, 0.25) is 5.02 Å². The maximum Gasteiger partial charge on any atom is 0.317 e. The van der Waals surface area contributed by atoms with E-state index in [1.807, 2.05) is 25.2 Å². The highest BCUT2D eigenvalue weighted by Crippen LogP contribution is 2.16. The van der Waals surface area contributed by atoms with Gasteiger partial charge in [0.2, 0.25) is 0 Å². The Hall–Kier alpha value is -0.910. The number of rotatable bonds is 7. The van der Waals surface area contributed by atoms with Gasteiger partial charge in [0.1, 0.15) is 0 Å². The Morgan fingerprint density at radius 2 is 2.41 bits per heavy atom. The number of thioether (sulfide) groups is 1. The molecule has 2 rings (SSSR count). The number of nitrogens with zero attached hydrogens (tertiary/aromatic N) is 1. The fraction of sp³-hybridized carbons (Fsp3) is 0.562. The van der Waals surface area contributed by atoms with Gasteiger partial charge in [0.25, 0.3) is 0 Å². The van der Waals surface area contributed by atoms with Gasteiger partial charge in [-0.25, -0.2) is 4.79 Å². The molecule has 0 aliphatic carbocycles. The second-order valence-electron chi connectivity index (χ2n) is 5.43. The number of ether oxygens (including phenoxy) is 1. The molecule has 1 fully saturated rings. The number of carbonyl (C=O) groups excluding carboxylic acids is 1. The molecule has 0 aromatic heterocycles. The number of hydrogen-bond acceptors (Lipinski definition) is 3. The Kier molecular flexibility index (Phi) is 7.36. The molecule has 2 amide bonds. The Morgan fingerprint density at radius 1 is 1.55 bits per heavy atom. The van der Waals surface area contributed by atoms with Crippen LogP contribution in [0, 0.1) is 0 Å². The van der Waals surface area contributed by atoms with E-state index >= 15 is 0 Å². The molecule has 1 atom stereocenters. The molecule has 1 aliphatic heterocycles. The van der Waals surface area contributed by atoms with Crippen molar-refractivity contribution < 1.29 is 9.53 Å². The third-order valence-electron chi connectivity index (χ3n) is 3.53. The zero-order chi connectivity index (χ0) is 15.8. The number of halogens is 1. The summed E-state index contributed by atoms with van der Waals surface area (Å²) in [6, 6.07) is 7.84. The van der Waals surface area contributed by atoms with Crippen molar-refractivity contribution in [3.05, 3.63) is 34.9 Å². The highest BCUT2D eigenvalue weighted by atomic mass is 35.5. The molecule has 1 aromatic rings. The molecule has 0 saturated carbocycles. The molecule has 4 nitrogen and oxygen atoms in total. The lowest BCUT2D eigenvalue weighted by atomic mass is 10.2. The van der Waals surface area contributed by atoms with Crippen LogP contribution in [0.1, 0.15) is 18.4 Å². The minimum atomic E-state index is -0.0288. The molecule has 0 spiro atoms. The largest absolute Gasteiger partial charge is 0.376 e. The zero-order valence-electron chi connectivity index (χ0n) is 12.9. The summed E-state index contributed by atoms with van der Waals surface area (Å²) in [5, 5.41) is 3.70. The first-order valence-electron chi connectivity index (χ1n) is 7.58. The van der Waals surface area contributed by atoms with Crippen LogP contribution in [0.4, 0.5) is 4.79 Å². The van der Waals surface area contributed by atoms with Gasteiger partial charge in [-0.2, -0.15) is 11.8 Å². The van der Waals surface area contributed by atoms with Crippen LogP contribution >= 0.6 is 23.4 Å². The number of amides is 2. The molecule has 1 heterocycles. The molecule has 0 bridgehead atoms. The minimum Gasteiger partial charge on any atom is -0.376 e. The van der Waals surface area contributed by atoms with E-state index in [-0.39, 0.29) is 12.1 Å². The summed E-state index contributed by atoms with van der Waals surface area (Å²) in [5.74, 6) is 1.79. The molecule has 122 valence electrons. The van der Waals surface area contributed by atoms with Crippen LogP contribution in [0.5, 0.6) is 0 Å². The van der Waals surface area contributed by atoms with Crippen molar-refractivity contribution in [1.82, 2.24) is 10.2 Å². The third-order valence-corrected chi connectivity index (χ3v) is 4.79. The topological polar surface area (TPSA) is 41.6 Å². The van der Waals surface area contributed by atoms with E-state index in [4.69, 9.17) is 16.3 Å². The molecular weight excluding hydrogens is 320 g/mol. The van der Waals surface area contributed by atoms with Gasteiger partial charge in [-0.15, -0.1) is 0 Å². The number of hydrogen-bond donors (Lipinski definition) is 1. The van der Waals surface area contributed by atoms with Crippen molar-refractivity contribution in [2.45, 2.75) is 24.7 Å². The van der Waals surface area contributed by atoms with Crippen LogP contribution in [-0.2, 0) is 10.5 Å². The van der Waals surface area contributed by atoms with Gasteiger partial charge >= 0.3 is 6.03 Å². The van der Waals surface area contributed by atoms with E-state index in [1.165, 1.54) is 5.56 Å². The summed E-state index contributed by atoms with van der Waals surface area (Å²) in [6.07, 6.45) is 2.35. The van der Waals surface area contributed by atoms with Gasteiger partial charge in [0.05, 0.1) is 6.10 Å². The van der Waals surface area contributed by atoms with Gasteiger partial charge < -0.3 is 15.0 Å². The zero-order valence-corrected chi connectivity index (χ0v) is 14.5. The van der Waals surface area contributed by atoms with Crippen LogP contribution in [0.3, 0.4) is 0 Å². The normalized spacial score (nSPS) is 17.5. The Labute approximate surface area is 141 Å². The maximum atomic E-state index is 11.9. The first-order chi connectivity index (χ1) is 10.6. The summed E-state index contributed by atoms with van der Waals surface area (Å²) in [7, 11) is 1.82. The van der Waals surface area contributed by atoms with Crippen LogP contribution in [0.15, 0.2) is 24.3 Å². The SMILES string of the molecule is CN(C[C@@H]1CCCO1)C(=O)NCCSCc1cccc(Cl)c1. The van der Waals surface area contributed by atoms with Gasteiger partial charge in [-0.05, 0) is 30.5 Å². The monoisotopic (exact) mass is 342 g/mol. The van der Waals surface area contributed by atoms with Gasteiger partial charge in [-0.3, -0.25) is 0 Å². The lowest BCUT2D eigenvalue weighted by Gasteiger charge is -2.21. The van der Waals surface area contributed by atoms with Gasteiger partial charge in [-0.1, -0.05) is 23.7 Å². The van der Waals surface area contributed by atoms with E-state index in [0.29, 0.717) is 13.1 Å². The minimum absolute atomic E-state index is 0.0288. The molecular formula is C16H23ClN2O2S. The number of benzene rings is 1. The van der Waals surface area contributed by atoms with Gasteiger partial charge in [0, 0.05) is 43.3 Å². The van der Waals surface area contributed by atoms with Crippen molar-refractivity contribution in [2.24, 2.45) is 0 Å². The number of urea groups is 1. The molecule has 0 unspecified atom stereocenters. The number of nitrogens with one attached hydrogen (secondary N) is 1. The van der Waals surface area contributed by atoms with Crippen molar-refractivity contribution >= 4 is 29.4 Å². The van der Waals surface area contributed by atoms with E-state index < -0.39 is 0 Å². The van der Waals surface area contributed by atoms with Crippen molar-refractivity contribution in [3.8, 4) is 0 Å². The molecule has 6 heteroatoms. The molecule has 1 aromatic carbocycles. The molecule has 1 N–H and O–H groups in total. The van der Waals surface area contributed by atoms with Crippen molar-refractivity contribution in [1.29, 1.82) is 0 Å². The second kappa shape index (κ2) is 9.28. The highest BCUT2D eigenvalue weighted by molar-refractivity contribution is 7.98. The first kappa shape index (κ1) is 17.4. The predicted molar refractivity (Wildman–Crippen MR) is 92.6 cm³/mol. The highest BCUT2D eigenvalue weighted by Gasteiger charge is 2.19. The summed E-state index contributed by atoms with van der Waals surface area (Å²) < 4.78 is 5.54. The molecule has 1 saturated heterocycles. The fourth-order valence-corrected chi connectivity index (χ4v) is 3.38. The molecule has 0 radical (unpaired) electrons. The van der Waals surface area contributed by atoms with E-state index in [1.54, 1.807) is 16.7 Å². The first-order valence-corrected chi connectivity index (χ1v) is 9.11. The lowest BCUT2D eigenvalue weighted by Crippen LogP contribution is -2.41. The fourth-order valence-electron chi connectivity index (χ4n) is 2.36. The third kappa shape index (κ3) is 6.07. The summed E-state index contributed by atoms with van der Waals surface area (Å²) in [6.45, 7) is 2.15. The lowest BCUT2D eigenvalue weighted by molar-refractivity contribution is 0.0876. The van der Waals surface area contributed by atoms with E-state index in [2.05, 4.69) is 11.4 Å². The summed E-state index contributed by atoms with van der Waals surface area (Å²) in [4.78, 5) is 13.6. The standard InChI is InChI=1S/C16H23ClN2O2S/c1-19(11-15-6-3-8-21-15)16(20)18-7-9-22-12-13-4-2-5-14(17)10-13/h2,4-5,10,15H,3,6-9,11-12H2,1H3,(H,18,20)/t15-/m0/s1. The second-order valence-corrected chi connectivity index (χ2v) is 6.97. The summed E-state index contributed by atoms with van der Waals surface area (Å²) in [5.41, 5.74) is 1.21. The quantitative estimate of drug-likeness (QED) is 0.772. The van der Waals surface area contributed by atoms with Crippen LogP contribution in [0.25, 0.3) is 0 Å². The average Bonchev–Trinajstić information content (AvgIpc) is 2.99. The van der Waals surface area contributed by atoms with E-state index in [9.17, 15) is 4.79 Å². The Morgan fingerprint density at radius 3 is 3.14 bits per heavy atom. The predicted octanol–water partition coefficient (Wildman–Crippen LogP) is 3.39. The Balaban J connectivity index is 1.56. The van der Waals surface area contributed by atoms with Gasteiger partial charge in [0.15, 0.2) is 0 Å². The van der Waals surface area contributed by atoms with Crippen LogP contribution in [-0.4, -0.2) is 49.5 Å². The molecule has 1 aliphatic rings. The smallest absolute Gasteiger partial charge is 0.317 e. The van der Waals surface area contributed by atoms with Crippen molar-refractivity contribution in [2.75, 3.05) is 32.5 Å². The summed E-state index contributed by atoms with van der Waals surface area (Å²) >= 11 is 7.73. The number of likely N-dealkylation sites (N-methyl/N-ethyl adjacent to an activating group) is 1. The molecule has 22 heavy (non-hydrogen) atoms. The maximum absolute atomic E-state index is 11.9. The van der Waals surface area contributed by atoms with E-state index in [0.717, 1.165) is 36.0 Å². The van der Waals surface area contributed by atoms with Crippen LogP contribution < -0.4 is 5.32 Å². The number of carbonyl (C=O) groups is 1. The average molecular weight is 343 g/mol. The van der Waals surface area contributed by atoms with Crippen molar-refractivity contribution in [3.63, 3.8) is 0 Å².